The van der Waals surface area contributed by atoms with E-state index in [1.165, 1.54) is 0 Å². The highest BCUT2D eigenvalue weighted by Gasteiger charge is 2.30. The molecule has 0 radical (unpaired) electrons. The normalized spacial score (nSPS) is 18.8. The molecule has 3 rings (SSSR count). The monoisotopic (exact) mass is 377 g/mol. The zero-order chi connectivity index (χ0) is 17.8. The van der Waals surface area contributed by atoms with E-state index in [9.17, 15) is 4.79 Å². The Morgan fingerprint density at radius 3 is 2.48 bits per heavy atom. The Hall–Kier alpha value is -1.55. The number of likely N-dealkylation sites (tertiary alicyclic amines) is 1. The van der Waals surface area contributed by atoms with Crippen LogP contribution in [0.1, 0.15) is 36.0 Å². The van der Waals surface area contributed by atoms with Gasteiger partial charge in [-0.15, -0.1) is 0 Å². The Kier molecular flexibility index (Phi) is 6.00. The van der Waals surface area contributed by atoms with Crippen LogP contribution in [0.25, 0.3) is 0 Å². The third-order valence-corrected chi connectivity index (χ3v) is 5.09. The summed E-state index contributed by atoms with van der Waals surface area (Å²) < 4.78 is 5.50. The summed E-state index contributed by atoms with van der Waals surface area (Å²) in [6, 6.07) is 15.2. The van der Waals surface area contributed by atoms with E-state index < -0.39 is 6.10 Å². The van der Waals surface area contributed by atoms with Crippen LogP contribution in [0.2, 0.25) is 10.0 Å². The summed E-state index contributed by atoms with van der Waals surface area (Å²) in [6.45, 7) is 1.40. The number of benzene rings is 2. The topological polar surface area (TPSA) is 29.5 Å². The molecule has 1 amide bonds. The van der Waals surface area contributed by atoms with Crippen molar-refractivity contribution in [2.45, 2.75) is 24.9 Å². The fourth-order valence-corrected chi connectivity index (χ4v) is 3.98. The molecule has 0 unspecified atom stereocenters. The largest absolute Gasteiger partial charge is 0.367 e. The molecule has 0 spiro atoms. The van der Waals surface area contributed by atoms with E-state index >= 15 is 0 Å². The van der Waals surface area contributed by atoms with Gasteiger partial charge < -0.3 is 9.64 Å². The Labute approximate surface area is 158 Å². The van der Waals surface area contributed by atoms with Crippen molar-refractivity contribution in [3.63, 3.8) is 0 Å². The third kappa shape index (κ3) is 4.35. The van der Waals surface area contributed by atoms with E-state index in [2.05, 4.69) is 0 Å². The van der Waals surface area contributed by atoms with Crippen molar-refractivity contribution >= 4 is 29.1 Å². The van der Waals surface area contributed by atoms with E-state index in [1.54, 1.807) is 13.2 Å². The van der Waals surface area contributed by atoms with Crippen molar-refractivity contribution in [1.82, 2.24) is 4.90 Å². The van der Waals surface area contributed by atoms with Crippen LogP contribution in [0, 0.1) is 0 Å². The molecule has 2 aromatic carbocycles. The second-order valence-corrected chi connectivity index (χ2v) is 7.23. The van der Waals surface area contributed by atoms with Crippen LogP contribution in [0.4, 0.5) is 0 Å². The SMILES string of the molecule is CO[C@@H](C(=O)N1CCC[C@@H](c2cc(Cl)cc(Cl)c2)C1)c1ccccc1. The maximum absolute atomic E-state index is 13.0. The highest BCUT2D eigenvalue weighted by molar-refractivity contribution is 6.34. The van der Waals surface area contributed by atoms with Gasteiger partial charge in [0, 0.05) is 36.2 Å². The molecule has 25 heavy (non-hydrogen) atoms. The first kappa shape index (κ1) is 18.2. The summed E-state index contributed by atoms with van der Waals surface area (Å²) in [4.78, 5) is 14.9. The van der Waals surface area contributed by atoms with Gasteiger partial charge in [-0.2, -0.15) is 0 Å². The van der Waals surface area contributed by atoms with E-state index in [1.807, 2.05) is 47.4 Å². The fourth-order valence-electron chi connectivity index (χ4n) is 3.43. The number of hydrogen-bond donors (Lipinski definition) is 0. The lowest BCUT2D eigenvalue weighted by Gasteiger charge is -2.35. The van der Waals surface area contributed by atoms with Gasteiger partial charge in [0.25, 0.3) is 5.91 Å². The van der Waals surface area contributed by atoms with Crippen LogP contribution in [-0.4, -0.2) is 31.0 Å². The van der Waals surface area contributed by atoms with Gasteiger partial charge in [0.1, 0.15) is 0 Å². The summed E-state index contributed by atoms with van der Waals surface area (Å²) >= 11 is 12.3. The quantitative estimate of drug-likeness (QED) is 0.742. The molecule has 0 N–H and O–H groups in total. The molecule has 0 saturated carbocycles. The lowest BCUT2D eigenvalue weighted by atomic mass is 9.90. The minimum absolute atomic E-state index is 0.00604. The number of halogens is 2. The second-order valence-electron chi connectivity index (χ2n) is 6.35. The molecule has 0 bridgehead atoms. The molecule has 132 valence electrons. The van der Waals surface area contributed by atoms with Crippen LogP contribution >= 0.6 is 23.2 Å². The minimum Gasteiger partial charge on any atom is -0.367 e. The summed E-state index contributed by atoms with van der Waals surface area (Å²) in [7, 11) is 1.58. The first-order valence-electron chi connectivity index (χ1n) is 8.41. The van der Waals surface area contributed by atoms with E-state index in [-0.39, 0.29) is 11.8 Å². The average molecular weight is 378 g/mol. The lowest BCUT2D eigenvalue weighted by Crippen LogP contribution is -2.42. The second kappa shape index (κ2) is 8.22. The molecule has 2 atom stereocenters. The molecule has 0 aliphatic carbocycles. The van der Waals surface area contributed by atoms with E-state index in [0.29, 0.717) is 16.6 Å². The van der Waals surface area contributed by atoms with Gasteiger partial charge in [0.15, 0.2) is 6.10 Å². The van der Waals surface area contributed by atoms with E-state index in [0.717, 1.165) is 30.5 Å². The maximum Gasteiger partial charge on any atom is 0.256 e. The molecular formula is C20H21Cl2NO2. The Bertz CT molecular complexity index is 715. The molecule has 1 aliphatic rings. The summed E-state index contributed by atoms with van der Waals surface area (Å²) in [5.41, 5.74) is 1.96. The number of piperidine rings is 1. The minimum atomic E-state index is -0.567. The van der Waals surface area contributed by atoms with Crippen molar-refractivity contribution in [2.24, 2.45) is 0 Å². The van der Waals surface area contributed by atoms with Crippen molar-refractivity contribution in [2.75, 3.05) is 20.2 Å². The number of hydrogen-bond acceptors (Lipinski definition) is 2. The van der Waals surface area contributed by atoms with Crippen LogP contribution < -0.4 is 0 Å². The number of nitrogens with zero attached hydrogens (tertiary/aromatic N) is 1. The molecule has 1 aliphatic heterocycles. The van der Waals surface area contributed by atoms with Gasteiger partial charge in [0.05, 0.1) is 0 Å². The van der Waals surface area contributed by atoms with Crippen molar-refractivity contribution in [3.05, 3.63) is 69.7 Å². The highest BCUT2D eigenvalue weighted by Crippen LogP contribution is 2.32. The first-order chi connectivity index (χ1) is 12.1. The fraction of sp³-hybridized carbons (Fsp3) is 0.350. The Balaban J connectivity index is 1.77. The Morgan fingerprint density at radius 1 is 1.16 bits per heavy atom. The number of ether oxygens (including phenoxy) is 1. The number of carbonyl (C=O) groups excluding carboxylic acids is 1. The standard InChI is InChI=1S/C20H21Cl2NO2/c1-25-19(14-6-3-2-4-7-14)20(24)23-9-5-8-15(13-23)16-10-17(21)12-18(22)11-16/h2-4,6-7,10-12,15,19H,5,8-9,13H2,1H3/t15-,19-/m1/s1. The molecule has 2 aromatic rings. The van der Waals surface area contributed by atoms with E-state index in [4.69, 9.17) is 27.9 Å². The third-order valence-electron chi connectivity index (χ3n) is 4.65. The molecular weight excluding hydrogens is 357 g/mol. The Morgan fingerprint density at radius 2 is 1.84 bits per heavy atom. The van der Waals surface area contributed by atoms with Crippen LogP contribution in [0.15, 0.2) is 48.5 Å². The van der Waals surface area contributed by atoms with Crippen molar-refractivity contribution in [1.29, 1.82) is 0 Å². The van der Waals surface area contributed by atoms with Gasteiger partial charge in [-0.1, -0.05) is 53.5 Å². The summed E-state index contributed by atoms with van der Waals surface area (Å²) in [5.74, 6) is 0.244. The number of rotatable bonds is 4. The van der Waals surface area contributed by atoms with Gasteiger partial charge in [0.2, 0.25) is 0 Å². The first-order valence-corrected chi connectivity index (χ1v) is 9.16. The van der Waals surface area contributed by atoms with Gasteiger partial charge in [-0.3, -0.25) is 4.79 Å². The number of carbonyl (C=O) groups is 1. The van der Waals surface area contributed by atoms with Crippen molar-refractivity contribution < 1.29 is 9.53 Å². The van der Waals surface area contributed by atoms with Crippen LogP contribution in [0.3, 0.4) is 0 Å². The highest BCUT2D eigenvalue weighted by atomic mass is 35.5. The molecule has 1 heterocycles. The van der Waals surface area contributed by atoms with Gasteiger partial charge >= 0.3 is 0 Å². The van der Waals surface area contributed by atoms with Gasteiger partial charge in [-0.25, -0.2) is 0 Å². The summed E-state index contributed by atoms with van der Waals surface area (Å²) in [6.07, 6.45) is 1.40. The van der Waals surface area contributed by atoms with Crippen LogP contribution in [0.5, 0.6) is 0 Å². The summed E-state index contributed by atoms with van der Waals surface area (Å²) in [5, 5.41) is 1.26. The predicted octanol–water partition coefficient (Wildman–Crippen LogP) is 5.09. The molecule has 3 nitrogen and oxygen atoms in total. The number of amides is 1. The predicted molar refractivity (Wildman–Crippen MR) is 101 cm³/mol. The molecule has 5 heteroatoms. The molecule has 1 saturated heterocycles. The maximum atomic E-state index is 13.0. The average Bonchev–Trinajstić information content (AvgIpc) is 2.62. The van der Waals surface area contributed by atoms with Gasteiger partial charge in [-0.05, 0) is 42.2 Å². The lowest BCUT2D eigenvalue weighted by molar-refractivity contribution is -0.143. The number of methoxy groups -OCH3 is 1. The van der Waals surface area contributed by atoms with Crippen LogP contribution in [-0.2, 0) is 9.53 Å². The molecule has 1 fully saturated rings. The van der Waals surface area contributed by atoms with Crippen molar-refractivity contribution in [3.8, 4) is 0 Å². The molecule has 0 aromatic heterocycles. The zero-order valence-corrected chi connectivity index (χ0v) is 15.6. The smallest absolute Gasteiger partial charge is 0.256 e. The zero-order valence-electron chi connectivity index (χ0n) is 14.1.